The van der Waals surface area contributed by atoms with Crippen LogP contribution in [0.4, 0.5) is 5.69 Å². The SMILES string of the molecule is CCOC(=O)c1cnc2ccc(OC)cc2c1N1CCOC(c2ccsc2)C1. The number of benzene rings is 1. The summed E-state index contributed by atoms with van der Waals surface area (Å²) < 4.78 is 16.7. The van der Waals surface area contributed by atoms with Crippen molar-refractivity contribution >= 4 is 33.9 Å². The number of nitrogens with zero attached hydrogens (tertiary/aromatic N) is 2. The fourth-order valence-corrected chi connectivity index (χ4v) is 4.20. The van der Waals surface area contributed by atoms with Gasteiger partial charge >= 0.3 is 5.97 Å². The molecule has 0 saturated carbocycles. The summed E-state index contributed by atoms with van der Waals surface area (Å²) >= 11 is 1.65. The highest BCUT2D eigenvalue weighted by molar-refractivity contribution is 7.07. The van der Waals surface area contributed by atoms with Crippen LogP contribution in [0.3, 0.4) is 0 Å². The molecule has 146 valence electrons. The van der Waals surface area contributed by atoms with Gasteiger partial charge in [-0.3, -0.25) is 4.98 Å². The second kappa shape index (κ2) is 8.16. The minimum atomic E-state index is -0.367. The first-order chi connectivity index (χ1) is 13.7. The number of methoxy groups -OCH3 is 1. The zero-order chi connectivity index (χ0) is 19.5. The second-order valence-corrected chi connectivity index (χ2v) is 7.27. The van der Waals surface area contributed by atoms with Crippen molar-refractivity contribution in [1.29, 1.82) is 0 Å². The Bertz CT molecular complexity index is 974. The van der Waals surface area contributed by atoms with E-state index in [4.69, 9.17) is 14.2 Å². The molecule has 3 aromatic rings. The van der Waals surface area contributed by atoms with E-state index in [0.29, 0.717) is 31.9 Å². The molecule has 0 radical (unpaired) electrons. The summed E-state index contributed by atoms with van der Waals surface area (Å²) in [4.78, 5) is 19.3. The first-order valence-electron chi connectivity index (χ1n) is 9.23. The maximum absolute atomic E-state index is 12.7. The molecule has 6 nitrogen and oxygen atoms in total. The average Bonchev–Trinajstić information content (AvgIpc) is 3.27. The molecule has 3 heterocycles. The Balaban J connectivity index is 1.82. The van der Waals surface area contributed by atoms with Crippen molar-refractivity contribution in [2.45, 2.75) is 13.0 Å². The monoisotopic (exact) mass is 398 g/mol. The topological polar surface area (TPSA) is 60.9 Å². The smallest absolute Gasteiger partial charge is 0.341 e. The van der Waals surface area contributed by atoms with Crippen LogP contribution in [0.25, 0.3) is 10.9 Å². The maximum Gasteiger partial charge on any atom is 0.341 e. The lowest BCUT2D eigenvalue weighted by molar-refractivity contribution is 0.0396. The van der Waals surface area contributed by atoms with Gasteiger partial charge < -0.3 is 19.1 Å². The van der Waals surface area contributed by atoms with E-state index < -0.39 is 0 Å². The van der Waals surface area contributed by atoms with Crippen molar-refractivity contribution in [2.24, 2.45) is 0 Å². The third kappa shape index (κ3) is 3.55. The van der Waals surface area contributed by atoms with Crippen LogP contribution in [0.5, 0.6) is 5.75 Å². The molecule has 0 N–H and O–H groups in total. The van der Waals surface area contributed by atoms with E-state index in [1.165, 1.54) is 0 Å². The molecule has 0 spiro atoms. The van der Waals surface area contributed by atoms with E-state index in [0.717, 1.165) is 27.9 Å². The summed E-state index contributed by atoms with van der Waals surface area (Å²) in [7, 11) is 1.63. The van der Waals surface area contributed by atoms with Crippen molar-refractivity contribution in [2.75, 3.05) is 38.3 Å². The second-order valence-electron chi connectivity index (χ2n) is 6.49. The van der Waals surface area contributed by atoms with Gasteiger partial charge in [0.1, 0.15) is 17.4 Å². The lowest BCUT2D eigenvalue weighted by atomic mass is 10.1. The van der Waals surface area contributed by atoms with Gasteiger partial charge in [-0.2, -0.15) is 11.3 Å². The molecule has 0 amide bonds. The van der Waals surface area contributed by atoms with Crippen LogP contribution in [-0.4, -0.2) is 44.4 Å². The van der Waals surface area contributed by atoms with E-state index in [2.05, 4.69) is 21.3 Å². The number of carbonyl (C=O) groups is 1. The quantitative estimate of drug-likeness (QED) is 0.604. The number of aromatic nitrogens is 1. The fraction of sp³-hybridized carbons (Fsp3) is 0.333. The molecule has 1 saturated heterocycles. The van der Waals surface area contributed by atoms with E-state index in [9.17, 15) is 4.79 Å². The zero-order valence-electron chi connectivity index (χ0n) is 15.9. The Kier molecular flexibility index (Phi) is 5.45. The van der Waals surface area contributed by atoms with Gasteiger partial charge in [0.25, 0.3) is 0 Å². The molecule has 4 rings (SSSR count). The van der Waals surface area contributed by atoms with Gasteiger partial charge in [-0.05, 0) is 47.5 Å². The lowest BCUT2D eigenvalue weighted by Gasteiger charge is -2.35. The average molecular weight is 398 g/mol. The largest absolute Gasteiger partial charge is 0.497 e. The summed E-state index contributed by atoms with van der Waals surface area (Å²) in [6.45, 7) is 4.03. The number of morpholine rings is 1. The van der Waals surface area contributed by atoms with Gasteiger partial charge in [0.05, 0.1) is 31.5 Å². The third-order valence-corrected chi connectivity index (χ3v) is 5.54. The van der Waals surface area contributed by atoms with Gasteiger partial charge in [-0.25, -0.2) is 4.79 Å². The lowest BCUT2D eigenvalue weighted by Crippen LogP contribution is -2.39. The van der Waals surface area contributed by atoms with Crippen LogP contribution in [0, 0.1) is 0 Å². The van der Waals surface area contributed by atoms with Crippen molar-refractivity contribution in [3.05, 3.63) is 52.3 Å². The Morgan fingerprint density at radius 1 is 1.39 bits per heavy atom. The fourth-order valence-electron chi connectivity index (χ4n) is 3.50. The molecule has 1 aliphatic rings. The van der Waals surface area contributed by atoms with Crippen LogP contribution >= 0.6 is 11.3 Å². The molecule has 0 bridgehead atoms. The molecule has 1 fully saturated rings. The number of anilines is 1. The molecular weight excluding hydrogens is 376 g/mol. The molecule has 7 heteroatoms. The summed E-state index contributed by atoms with van der Waals surface area (Å²) in [5, 5.41) is 5.03. The number of thiophene rings is 1. The van der Waals surface area contributed by atoms with E-state index in [1.54, 1.807) is 31.6 Å². The van der Waals surface area contributed by atoms with Gasteiger partial charge in [0.2, 0.25) is 0 Å². The van der Waals surface area contributed by atoms with Crippen molar-refractivity contribution in [3.63, 3.8) is 0 Å². The predicted molar refractivity (Wildman–Crippen MR) is 109 cm³/mol. The summed E-state index contributed by atoms with van der Waals surface area (Å²) in [5.74, 6) is 0.354. The predicted octanol–water partition coefficient (Wildman–Crippen LogP) is 4.06. The van der Waals surface area contributed by atoms with Gasteiger partial charge in [-0.1, -0.05) is 0 Å². The molecule has 1 aromatic carbocycles. The summed E-state index contributed by atoms with van der Waals surface area (Å²) in [6, 6.07) is 7.79. The minimum Gasteiger partial charge on any atom is -0.497 e. The molecule has 1 aliphatic heterocycles. The normalized spacial score (nSPS) is 16.9. The first kappa shape index (κ1) is 18.7. The number of ether oxygens (including phenoxy) is 3. The summed E-state index contributed by atoms with van der Waals surface area (Å²) in [6.07, 6.45) is 1.57. The highest BCUT2D eigenvalue weighted by Gasteiger charge is 2.28. The highest BCUT2D eigenvalue weighted by atomic mass is 32.1. The van der Waals surface area contributed by atoms with Crippen molar-refractivity contribution in [3.8, 4) is 5.75 Å². The molecule has 0 aliphatic carbocycles. The van der Waals surface area contributed by atoms with Crippen LogP contribution < -0.4 is 9.64 Å². The number of carbonyl (C=O) groups excluding carboxylic acids is 1. The Morgan fingerprint density at radius 2 is 2.29 bits per heavy atom. The molecule has 1 atom stereocenters. The third-order valence-electron chi connectivity index (χ3n) is 4.84. The highest BCUT2D eigenvalue weighted by Crippen LogP contribution is 2.36. The zero-order valence-corrected chi connectivity index (χ0v) is 16.7. The number of rotatable bonds is 5. The maximum atomic E-state index is 12.7. The van der Waals surface area contributed by atoms with Gasteiger partial charge in [-0.15, -0.1) is 0 Å². The van der Waals surface area contributed by atoms with Crippen LogP contribution in [0.1, 0.15) is 28.9 Å². The number of esters is 1. The molecule has 1 unspecified atom stereocenters. The van der Waals surface area contributed by atoms with E-state index in [1.807, 2.05) is 23.6 Å². The first-order valence-corrected chi connectivity index (χ1v) is 10.2. The standard InChI is InChI=1S/C21H22N2O4S/c1-3-26-21(24)17-11-22-18-5-4-15(25-2)10-16(18)20(17)23-7-8-27-19(12-23)14-6-9-28-13-14/h4-6,9-11,13,19H,3,7-8,12H2,1-2H3. The van der Waals surface area contributed by atoms with Crippen LogP contribution in [0.2, 0.25) is 0 Å². The molecular formula is C21H22N2O4S. The van der Waals surface area contributed by atoms with Gasteiger partial charge in [0.15, 0.2) is 0 Å². The number of hydrogen-bond donors (Lipinski definition) is 0. The van der Waals surface area contributed by atoms with Crippen molar-refractivity contribution < 1.29 is 19.0 Å². The Hall–Kier alpha value is -2.64. The van der Waals surface area contributed by atoms with Gasteiger partial charge in [0, 0.05) is 24.7 Å². The molecule has 2 aromatic heterocycles. The number of fused-ring (bicyclic) bond motifs is 1. The Morgan fingerprint density at radius 3 is 3.04 bits per heavy atom. The number of hydrogen-bond acceptors (Lipinski definition) is 7. The minimum absolute atomic E-state index is 0.0381. The summed E-state index contributed by atoms with van der Waals surface area (Å²) in [5.41, 5.74) is 3.25. The Labute approximate surface area is 167 Å². The van der Waals surface area contributed by atoms with E-state index in [-0.39, 0.29) is 12.1 Å². The van der Waals surface area contributed by atoms with E-state index >= 15 is 0 Å². The number of pyridine rings is 1. The van der Waals surface area contributed by atoms with Crippen LogP contribution in [0.15, 0.2) is 41.2 Å². The van der Waals surface area contributed by atoms with Crippen molar-refractivity contribution in [1.82, 2.24) is 4.98 Å². The molecule has 28 heavy (non-hydrogen) atoms. The van der Waals surface area contributed by atoms with Crippen LogP contribution in [-0.2, 0) is 9.47 Å².